The van der Waals surface area contributed by atoms with E-state index in [-0.39, 0.29) is 39.0 Å². The van der Waals surface area contributed by atoms with Gasteiger partial charge in [0.2, 0.25) is 34.8 Å². The Hall–Kier alpha value is -2.59. The summed E-state index contributed by atoms with van der Waals surface area (Å²) in [5.41, 5.74) is 0. The highest BCUT2D eigenvalue weighted by molar-refractivity contribution is 5.72. The molecule has 0 aliphatic carbocycles. The number of carbonyl (C=O) groups excluding carboxylic acids is 2. The van der Waals surface area contributed by atoms with Crippen molar-refractivity contribution in [1.82, 2.24) is 0 Å². The molecule has 0 amide bonds. The Morgan fingerprint density at radius 1 is 0.357 bits per heavy atom. The van der Waals surface area contributed by atoms with Gasteiger partial charge >= 0.3 is 11.9 Å². The molecule has 0 bridgehead atoms. The van der Waals surface area contributed by atoms with E-state index in [0.29, 0.717) is 112 Å². The number of halogens is 5. The third-order valence-electron chi connectivity index (χ3n) is 7.16. The van der Waals surface area contributed by atoms with Crippen LogP contribution in [-0.4, -0.2) is 151 Å². The van der Waals surface area contributed by atoms with Crippen LogP contribution in [0, 0.1) is 29.1 Å². The molecule has 0 atom stereocenters. The Kier molecular flexibility index (Phi) is 33.7. The van der Waals surface area contributed by atoms with Gasteiger partial charge < -0.3 is 56.8 Å². The number of hydrogen-bond donors (Lipinski definition) is 0. The Labute approximate surface area is 325 Å². The molecule has 1 aromatic rings. The van der Waals surface area contributed by atoms with Crippen molar-refractivity contribution in [3.8, 4) is 5.75 Å². The van der Waals surface area contributed by atoms with E-state index in [2.05, 4.69) is 11.7 Å². The van der Waals surface area contributed by atoms with E-state index < -0.39 is 47.2 Å². The summed E-state index contributed by atoms with van der Waals surface area (Å²) in [6.07, 6.45) is 5.46. The summed E-state index contributed by atoms with van der Waals surface area (Å²) in [7, 11) is 0. The van der Waals surface area contributed by atoms with Crippen molar-refractivity contribution >= 4 is 11.9 Å². The topological polar surface area (TPSA) is 145 Å². The van der Waals surface area contributed by atoms with E-state index in [0.717, 1.165) is 19.3 Å². The minimum atomic E-state index is -2.35. The molecule has 1 rings (SSSR count). The van der Waals surface area contributed by atoms with Gasteiger partial charge in [-0.15, -0.1) is 0 Å². The smallest absolute Gasteiger partial charge is 0.313 e. The molecule has 0 unspecified atom stereocenters. The van der Waals surface area contributed by atoms with Gasteiger partial charge in [-0.3, -0.25) is 9.59 Å². The highest BCUT2D eigenvalue weighted by atomic mass is 19.2. The zero-order valence-corrected chi connectivity index (χ0v) is 32.4. The molecular formula is C37H59F5O14. The summed E-state index contributed by atoms with van der Waals surface area (Å²) >= 11 is 0. The monoisotopic (exact) mass is 822 g/mol. The Bertz CT molecular complexity index is 1110. The number of rotatable bonds is 40. The maximum absolute atomic E-state index is 13.6. The number of hydrogen-bond acceptors (Lipinski definition) is 14. The maximum atomic E-state index is 13.6. The Balaban J connectivity index is 1.72. The highest BCUT2D eigenvalue weighted by Gasteiger charge is 2.28. The van der Waals surface area contributed by atoms with Gasteiger partial charge in [-0.2, -0.15) is 8.78 Å². The van der Waals surface area contributed by atoms with Gasteiger partial charge in [0.05, 0.1) is 139 Å². The van der Waals surface area contributed by atoms with Gasteiger partial charge in [-0.25, -0.2) is 13.2 Å². The van der Waals surface area contributed by atoms with E-state index in [9.17, 15) is 31.5 Å². The fourth-order valence-corrected chi connectivity index (χ4v) is 4.24. The molecule has 0 fully saturated rings. The second kappa shape index (κ2) is 36.7. The van der Waals surface area contributed by atoms with Crippen LogP contribution >= 0.6 is 0 Å². The first-order valence-electron chi connectivity index (χ1n) is 18.9. The molecule has 19 heteroatoms. The lowest BCUT2D eigenvalue weighted by Gasteiger charge is -2.09. The lowest BCUT2D eigenvalue weighted by atomic mass is 10.1. The number of ether oxygens (including phenoxy) is 12. The van der Waals surface area contributed by atoms with Crippen LogP contribution in [0.4, 0.5) is 22.0 Å². The van der Waals surface area contributed by atoms with Crippen molar-refractivity contribution in [3.05, 3.63) is 29.1 Å². The molecule has 0 heterocycles. The van der Waals surface area contributed by atoms with Crippen LogP contribution in [0.1, 0.15) is 51.9 Å². The standard InChI is InChI=1S/C37H59F5O14/c1-2-3-4-5-6-7-30(43)55-29-28-54-27-26-53-25-24-52-23-22-51-21-20-50-19-18-49-17-16-48-15-14-47-13-12-46-11-10-45-9-8-31(44)56-37-35(41)33(39)32(38)34(40)36(37)42/h2-29H2,1H3. The van der Waals surface area contributed by atoms with Crippen molar-refractivity contribution < 1.29 is 88.4 Å². The molecule has 56 heavy (non-hydrogen) atoms. The molecule has 0 saturated carbocycles. The van der Waals surface area contributed by atoms with E-state index in [1.807, 2.05) is 0 Å². The Morgan fingerprint density at radius 3 is 1.02 bits per heavy atom. The predicted octanol–water partition coefficient (Wildman–Crippen LogP) is 4.75. The van der Waals surface area contributed by atoms with Crippen LogP contribution in [0.5, 0.6) is 5.75 Å². The van der Waals surface area contributed by atoms with E-state index in [1.165, 1.54) is 12.8 Å². The minimum Gasteiger partial charge on any atom is -0.463 e. The van der Waals surface area contributed by atoms with E-state index in [1.54, 1.807) is 0 Å². The second-order valence-electron chi connectivity index (χ2n) is 11.6. The molecule has 0 saturated heterocycles. The van der Waals surface area contributed by atoms with Crippen molar-refractivity contribution in [1.29, 1.82) is 0 Å². The zero-order chi connectivity index (χ0) is 40.9. The molecule has 0 aliphatic heterocycles. The predicted molar refractivity (Wildman–Crippen MR) is 189 cm³/mol. The van der Waals surface area contributed by atoms with Gasteiger partial charge in [0, 0.05) is 6.42 Å². The van der Waals surface area contributed by atoms with Gasteiger partial charge in [0.15, 0.2) is 0 Å². The molecule has 0 spiro atoms. The molecule has 0 radical (unpaired) electrons. The SMILES string of the molecule is CCCCCCCC(=O)OCCOCCOCCOCCOCCOCCOCCOCCOCCOCCOCCC(=O)Oc1c(F)c(F)c(F)c(F)c1F. The third kappa shape index (κ3) is 27.9. The zero-order valence-electron chi connectivity index (χ0n) is 32.4. The average molecular weight is 823 g/mol. The number of esters is 2. The maximum Gasteiger partial charge on any atom is 0.313 e. The average Bonchev–Trinajstić information content (AvgIpc) is 3.19. The normalized spacial score (nSPS) is 11.4. The summed E-state index contributed by atoms with van der Waals surface area (Å²) in [4.78, 5) is 23.3. The summed E-state index contributed by atoms with van der Waals surface area (Å²) in [6, 6.07) is 0. The first-order valence-corrected chi connectivity index (χ1v) is 18.9. The van der Waals surface area contributed by atoms with E-state index in [4.69, 9.17) is 52.1 Å². The summed E-state index contributed by atoms with van der Waals surface area (Å²) in [5, 5.41) is 0. The minimum absolute atomic E-state index is 0.0761. The van der Waals surface area contributed by atoms with Crippen LogP contribution in [0.2, 0.25) is 0 Å². The summed E-state index contributed by atoms with van der Waals surface area (Å²) in [6.45, 7) is 9.24. The van der Waals surface area contributed by atoms with Crippen LogP contribution < -0.4 is 4.74 Å². The number of carbonyl (C=O) groups is 2. The van der Waals surface area contributed by atoms with Gasteiger partial charge in [-0.1, -0.05) is 32.6 Å². The fraction of sp³-hybridized carbons (Fsp3) is 0.784. The van der Waals surface area contributed by atoms with Crippen molar-refractivity contribution in [2.45, 2.75) is 51.9 Å². The van der Waals surface area contributed by atoms with Crippen molar-refractivity contribution in [2.24, 2.45) is 0 Å². The molecule has 0 aromatic heterocycles. The first-order chi connectivity index (χ1) is 27.3. The Morgan fingerprint density at radius 2 is 0.661 bits per heavy atom. The van der Waals surface area contributed by atoms with E-state index >= 15 is 0 Å². The van der Waals surface area contributed by atoms with Crippen LogP contribution in [0.15, 0.2) is 0 Å². The first kappa shape index (κ1) is 51.4. The molecule has 0 N–H and O–H groups in total. The summed E-state index contributed by atoms with van der Waals surface area (Å²) in [5.74, 6) is -14.3. The van der Waals surface area contributed by atoms with Gasteiger partial charge in [-0.05, 0) is 6.42 Å². The van der Waals surface area contributed by atoms with Gasteiger partial charge in [0.1, 0.15) is 6.61 Å². The van der Waals surface area contributed by atoms with Gasteiger partial charge in [0.25, 0.3) is 0 Å². The second-order valence-corrected chi connectivity index (χ2v) is 11.6. The summed E-state index contributed by atoms with van der Waals surface area (Å²) < 4.78 is 130. The molecule has 14 nitrogen and oxygen atoms in total. The van der Waals surface area contributed by atoms with Crippen LogP contribution in [-0.2, 0) is 61.7 Å². The number of benzene rings is 1. The lowest BCUT2D eigenvalue weighted by molar-refractivity contribution is -0.145. The van der Waals surface area contributed by atoms with Crippen molar-refractivity contribution in [3.63, 3.8) is 0 Å². The molecule has 1 aromatic carbocycles. The molecular weight excluding hydrogens is 763 g/mol. The van der Waals surface area contributed by atoms with Crippen LogP contribution in [0.25, 0.3) is 0 Å². The van der Waals surface area contributed by atoms with Crippen LogP contribution in [0.3, 0.4) is 0 Å². The largest absolute Gasteiger partial charge is 0.463 e. The highest BCUT2D eigenvalue weighted by Crippen LogP contribution is 2.29. The fourth-order valence-electron chi connectivity index (χ4n) is 4.24. The lowest BCUT2D eigenvalue weighted by Crippen LogP contribution is -2.16. The third-order valence-corrected chi connectivity index (χ3v) is 7.16. The molecule has 326 valence electrons. The van der Waals surface area contributed by atoms with Crippen molar-refractivity contribution in [2.75, 3.05) is 139 Å². The number of unbranched alkanes of at least 4 members (excludes halogenated alkanes) is 4. The molecule has 0 aliphatic rings. The quantitative estimate of drug-likeness (QED) is 0.0224.